The number of hydrogen-bond acceptors (Lipinski definition) is 5. The number of aryl methyl sites for hydroxylation is 1. The van der Waals surface area contributed by atoms with E-state index in [0.717, 1.165) is 12.1 Å². The molecular formula is C19H32F3N2O6P. The molecule has 0 radical (unpaired) electrons. The number of quaternary nitrogens is 1. The number of benzene rings is 1. The van der Waals surface area contributed by atoms with Gasteiger partial charge in [0.05, 0.1) is 6.54 Å². The van der Waals surface area contributed by atoms with E-state index in [4.69, 9.17) is 19.7 Å². The number of phosphoric acid groups is 1. The zero-order chi connectivity index (χ0) is 23.9. The molecule has 0 saturated carbocycles. The van der Waals surface area contributed by atoms with Gasteiger partial charge in [-0.15, -0.1) is 0 Å². The molecule has 31 heavy (non-hydrogen) atoms. The van der Waals surface area contributed by atoms with Crippen molar-refractivity contribution in [2.24, 2.45) is 0 Å². The van der Waals surface area contributed by atoms with Crippen molar-refractivity contribution in [2.45, 2.75) is 64.1 Å². The number of carbonyl (C=O) groups excluding carboxylic acids is 1. The zero-order valence-corrected chi connectivity index (χ0v) is 18.5. The molecule has 0 aliphatic carbocycles. The van der Waals surface area contributed by atoms with Crippen LogP contribution in [0.3, 0.4) is 0 Å². The molecule has 1 aromatic rings. The number of carboxylic acid groups (broad SMARTS) is 1. The number of unbranched alkanes of at least 4 members (excludes halogenated alkanes) is 5. The van der Waals surface area contributed by atoms with Gasteiger partial charge in [0.15, 0.2) is 0 Å². The number of hydrogen-bond donors (Lipinski definition) is 4. The summed E-state index contributed by atoms with van der Waals surface area (Å²) < 4.78 is 46.6. The average molecular weight is 472 g/mol. The number of carboxylic acids is 1. The van der Waals surface area contributed by atoms with Gasteiger partial charge >= 0.3 is 14.0 Å². The summed E-state index contributed by atoms with van der Waals surface area (Å²) in [5.41, 5.74) is 6.13. The van der Waals surface area contributed by atoms with Gasteiger partial charge in [0.1, 0.15) is 18.6 Å². The minimum Gasteiger partial charge on any atom is -0.542 e. The third kappa shape index (κ3) is 17.7. The monoisotopic (exact) mass is 472 g/mol. The molecular weight excluding hydrogens is 440 g/mol. The lowest BCUT2D eigenvalue weighted by atomic mass is 10.0. The van der Waals surface area contributed by atoms with Gasteiger partial charge in [-0.2, -0.15) is 13.2 Å². The molecule has 180 valence electrons. The lowest BCUT2D eigenvalue weighted by Crippen LogP contribution is -2.65. The van der Waals surface area contributed by atoms with Gasteiger partial charge in [0.2, 0.25) is 0 Å². The zero-order valence-electron chi connectivity index (χ0n) is 17.6. The average Bonchev–Trinajstić information content (AvgIpc) is 2.67. The molecule has 0 aromatic heterocycles. The Hall–Kier alpha value is -1.65. The molecule has 0 fully saturated rings. The van der Waals surface area contributed by atoms with Gasteiger partial charge in [-0.05, 0) is 30.5 Å². The fourth-order valence-electron chi connectivity index (χ4n) is 2.42. The van der Waals surface area contributed by atoms with Gasteiger partial charge in [-0.3, -0.25) is 4.52 Å². The van der Waals surface area contributed by atoms with E-state index >= 15 is 0 Å². The van der Waals surface area contributed by atoms with E-state index in [9.17, 15) is 17.7 Å². The summed E-state index contributed by atoms with van der Waals surface area (Å²) in [7, 11) is -4.41. The Labute approximate surface area is 180 Å². The largest absolute Gasteiger partial charge is 0.542 e. The van der Waals surface area contributed by atoms with E-state index < -0.39 is 20.0 Å². The summed E-state index contributed by atoms with van der Waals surface area (Å²) in [6.45, 7) is 2.65. The van der Waals surface area contributed by atoms with E-state index in [1.807, 2.05) is 12.1 Å². The summed E-state index contributed by atoms with van der Waals surface area (Å²) in [4.78, 5) is 26.1. The summed E-state index contributed by atoms with van der Waals surface area (Å²) in [5, 5.41) is 12.0. The van der Waals surface area contributed by atoms with Crippen molar-refractivity contribution in [1.29, 1.82) is 0 Å². The van der Waals surface area contributed by atoms with Crippen molar-refractivity contribution in [2.75, 3.05) is 18.5 Å². The summed E-state index contributed by atoms with van der Waals surface area (Å²) in [6.07, 6.45) is 3.74. The van der Waals surface area contributed by atoms with Crippen LogP contribution in [0, 0.1) is 0 Å². The maximum absolute atomic E-state index is 10.6. The third-order valence-electron chi connectivity index (χ3n) is 4.08. The van der Waals surface area contributed by atoms with Crippen LogP contribution in [0.4, 0.5) is 18.9 Å². The van der Waals surface area contributed by atoms with Gasteiger partial charge in [-0.1, -0.05) is 51.2 Å². The van der Waals surface area contributed by atoms with Crippen molar-refractivity contribution < 1.29 is 47.7 Å². The van der Waals surface area contributed by atoms with Crippen LogP contribution in [-0.4, -0.2) is 41.1 Å². The van der Waals surface area contributed by atoms with Crippen LogP contribution in [0.1, 0.15) is 51.0 Å². The quantitative estimate of drug-likeness (QED) is 0.254. The number of aliphatic carboxylic acids is 1. The topological polar surface area (TPSA) is 147 Å². The molecule has 1 aromatic carbocycles. The van der Waals surface area contributed by atoms with Crippen LogP contribution in [0.5, 0.6) is 0 Å². The number of halogens is 3. The molecule has 8 nitrogen and oxygen atoms in total. The van der Waals surface area contributed by atoms with E-state index in [1.165, 1.54) is 44.1 Å². The standard InChI is InChI=1S/C17H31N2O4P.C2HF3O2/c1-2-3-4-5-6-7-8-15-9-11-17(12-10-15)19-13-16(18)14-23-24(20,21)22;3-2(4,5)1(6)7/h9-12,16,19H,2-8,13-14,18H2,1H3,(H2,20,21,22);(H,6,7)/t16-;/m0./s1. The van der Waals surface area contributed by atoms with Crippen LogP contribution < -0.4 is 16.2 Å². The second-order valence-corrected chi connectivity index (χ2v) is 8.27. The van der Waals surface area contributed by atoms with E-state index in [0.29, 0.717) is 6.54 Å². The summed E-state index contributed by atoms with van der Waals surface area (Å²) >= 11 is 0. The van der Waals surface area contributed by atoms with E-state index in [2.05, 4.69) is 34.6 Å². The van der Waals surface area contributed by atoms with Crippen molar-refractivity contribution in [1.82, 2.24) is 0 Å². The van der Waals surface area contributed by atoms with Crippen LogP contribution in [0.15, 0.2) is 24.3 Å². The first-order valence-electron chi connectivity index (χ1n) is 9.99. The Bertz CT molecular complexity index is 668. The predicted octanol–water partition coefficient (Wildman–Crippen LogP) is 2.02. The van der Waals surface area contributed by atoms with Crippen LogP contribution in [0.2, 0.25) is 0 Å². The maximum atomic E-state index is 10.6. The first-order chi connectivity index (χ1) is 14.3. The second kappa shape index (κ2) is 15.2. The van der Waals surface area contributed by atoms with Gasteiger partial charge in [0, 0.05) is 5.69 Å². The number of alkyl halides is 3. The van der Waals surface area contributed by atoms with Gasteiger partial charge in [0.25, 0.3) is 0 Å². The van der Waals surface area contributed by atoms with Crippen LogP contribution >= 0.6 is 7.82 Å². The molecule has 6 N–H and O–H groups in total. The highest BCUT2D eigenvalue weighted by molar-refractivity contribution is 7.46. The predicted molar refractivity (Wildman–Crippen MR) is 108 cm³/mol. The summed E-state index contributed by atoms with van der Waals surface area (Å²) in [5.74, 6) is -3.01. The van der Waals surface area contributed by atoms with Gasteiger partial charge in [-0.25, -0.2) is 4.57 Å². The normalized spacial score (nSPS) is 12.6. The Morgan fingerprint density at radius 1 is 1.16 bits per heavy atom. The van der Waals surface area contributed by atoms with E-state index in [-0.39, 0.29) is 12.6 Å². The third-order valence-corrected chi connectivity index (χ3v) is 4.56. The minimum atomic E-state index is -5.19. The molecule has 12 heteroatoms. The Morgan fingerprint density at radius 2 is 1.68 bits per heavy atom. The number of phosphoric ester groups is 1. The maximum Gasteiger partial charge on any atom is 0.469 e. The molecule has 0 aliphatic rings. The molecule has 0 spiro atoms. The lowest BCUT2D eigenvalue weighted by Gasteiger charge is -2.12. The fraction of sp³-hybridized carbons (Fsp3) is 0.632. The SMILES string of the molecule is CCCCCCCCc1ccc(NC[C@H]([NH3+])COP(=O)(O)O)cc1.O=C([O-])C(F)(F)F. The molecule has 1 atom stereocenters. The van der Waals surface area contributed by atoms with E-state index in [1.54, 1.807) is 0 Å². The molecule has 0 aliphatic heterocycles. The molecule has 0 saturated heterocycles. The Kier molecular flexibility index (Phi) is 14.4. The Morgan fingerprint density at radius 3 is 2.16 bits per heavy atom. The highest BCUT2D eigenvalue weighted by atomic mass is 31.2. The molecule has 0 bridgehead atoms. The van der Waals surface area contributed by atoms with Crippen molar-refractivity contribution in [3.8, 4) is 0 Å². The number of anilines is 1. The second-order valence-electron chi connectivity index (χ2n) is 7.03. The number of carbonyl (C=O) groups is 1. The minimum absolute atomic E-state index is 0.0760. The molecule has 1 rings (SSSR count). The van der Waals surface area contributed by atoms with Crippen molar-refractivity contribution in [3.05, 3.63) is 29.8 Å². The first-order valence-corrected chi connectivity index (χ1v) is 11.5. The molecule has 0 amide bonds. The number of rotatable bonds is 13. The fourth-order valence-corrected chi connectivity index (χ4v) is 2.83. The summed E-state index contributed by atoms with van der Waals surface area (Å²) in [6, 6.07) is 8.07. The van der Waals surface area contributed by atoms with Crippen molar-refractivity contribution in [3.63, 3.8) is 0 Å². The van der Waals surface area contributed by atoms with Crippen molar-refractivity contribution >= 4 is 19.5 Å². The molecule has 0 heterocycles. The Balaban J connectivity index is 0.00000110. The smallest absolute Gasteiger partial charge is 0.469 e. The molecule has 0 unspecified atom stereocenters. The van der Waals surface area contributed by atoms with Crippen LogP contribution in [0.25, 0.3) is 0 Å². The highest BCUT2D eigenvalue weighted by Gasteiger charge is 2.28. The lowest BCUT2D eigenvalue weighted by molar-refractivity contribution is -0.419. The first kappa shape index (κ1) is 29.4. The van der Waals surface area contributed by atoms with Crippen LogP contribution in [-0.2, 0) is 20.3 Å². The highest BCUT2D eigenvalue weighted by Crippen LogP contribution is 2.35. The van der Waals surface area contributed by atoms with Gasteiger partial charge < -0.3 is 30.7 Å². The number of nitrogens with one attached hydrogen (secondary N) is 1.